The first-order valence-corrected chi connectivity index (χ1v) is 32.6. The Morgan fingerprint density at radius 3 is 0.855 bits per heavy atom. The van der Waals surface area contributed by atoms with Crippen LogP contribution in [-0.4, -0.2) is 37.2 Å². The summed E-state index contributed by atoms with van der Waals surface area (Å²) in [5.41, 5.74) is 0. The van der Waals surface area contributed by atoms with Crippen molar-refractivity contribution in [2.45, 2.75) is 329 Å². The fraction of sp³-hybridized carbons (Fsp3) is 0.757. The molecule has 0 bridgehead atoms. The van der Waals surface area contributed by atoms with Crippen molar-refractivity contribution in [3.8, 4) is 0 Å². The van der Waals surface area contributed by atoms with Crippen LogP contribution < -0.4 is 0 Å². The summed E-state index contributed by atoms with van der Waals surface area (Å²) in [7, 11) is 0. The molecule has 0 rings (SSSR count). The van der Waals surface area contributed by atoms with Crippen LogP contribution in [0.1, 0.15) is 323 Å². The molecule has 438 valence electrons. The van der Waals surface area contributed by atoms with E-state index in [1.807, 2.05) is 0 Å². The van der Waals surface area contributed by atoms with E-state index in [-0.39, 0.29) is 37.5 Å². The molecule has 6 nitrogen and oxygen atoms in total. The smallest absolute Gasteiger partial charge is 0.306 e. The minimum Gasteiger partial charge on any atom is -0.462 e. The Bertz CT molecular complexity index is 1450. The summed E-state index contributed by atoms with van der Waals surface area (Å²) < 4.78 is 16.9. The van der Waals surface area contributed by atoms with E-state index in [9.17, 15) is 14.4 Å². The SMILES string of the molecule is CC/C=C\C/C=C\C/C=C\C/C=C\C/C=C\CCCC(=O)OCC(COC(=O)CCCCCCCCCCCCC/C=C\C/C=C\CCCCCCC)OC(=O)CCCCCCCCCCCCCCCCCCCC. The lowest BCUT2D eigenvalue weighted by molar-refractivity contribution is -0.167. The van der Waals surface area contributed by atoms with E-state index in [2.05, 4.69) is 106 Å². The molecule has 0 fully saturated rings. The molecule has 0 aromatic heterocycles. The van der Waals surface area contributed by atoms with E-state index < -0.39 is 6.10 Å². The predicted molar refractivity (Wildman–Crippen MR) is 330 cm³/mol. The van der Waals surface area contributed by atoms with Crippen molar-refractivity contribution in [1.29, 1.82) is 0 Å². The van der Waals surface area contributed by atoms with Gasteiger partial charge < -0.3 is 14.2 Å². The summed E-state index contributed by atoms with van der Waals surface area (Å²) in [5, 5.41) is 0. The van der Waals surface area contributed by atoms with Crippen molar-refractivity contribution in [3.05, 3.63) is 85.1 Å². The monoisotopic (exact) mass is 1060 g/mol. The fourth-order valence-electron chi connectivity index (χ4n) is 9.28. The summed E-state index contributed by atoms with van der Waals surface area (Å²) in [6, 6.07) is 0. The third kappa shape index (κ3) is 61.4. The van der Waals surface area contributed by atoms with Crippen LogP contribution >= 0.6 is 0 Å². The van der Waals surface area contributed by atoms with Crippen LogP contribution in [-0.2, 0) is 28.6 Å². The number of ether oxygens (including phenoxy) is 3. The first-order chi connectivity index (χ1) is 37.5. The Hall–Kier alpha value is -3.41. The molecule has 6 heteroatoms. The summed E-state index contributed by atoms with van der Waals surface area (Å²) in [6.07, 6.45) is 84.5. The normalized spacial score (nSPS) is 12.6. The molecule has 0 saturated carbocycles. The molecule has 0 heterocycles. The van der Waals surface area contributed by atoms with Crippen LogP contribution in [0.3, 0.4) is 0 Å². The van der Waals surface area contributed by atoms with Crippen LogP contribution in [0.4, 0.5) is 0 Å². The summed E-state index contributed by atoms with van der Waals surface area (Å²) >= 11 is 0. The molecule has 0 aromatic carbocycles. The molecule has 0 aliphatic carbocycles. The zero-order valence-electron chi connectivity index (χ0n) is 50.3. The van der Waals surface area contributed by atoms with E-state index >= 15 is 0 Å². The average Bonchev–Trinajstić information content (AvgIpc) is 3.42. The van der Waals surface area contributed by atoms with Gasteiger partial charge in [0, 0.05) is 19.3 Å². The Morgan fingerprint density at radius 2 is 0.526 bits per heavy atom. The Labute approximate surface area is 471 Å². The zero-order chi connectivity index (χ0) is 55.0. The van der Waals surface area contributed by atoms with Gasteiger partial charge in [-0.15, -0.1) is 0 Å². The van der Waals surface area contributed by atoms with Gasteiger partial charge in [-0.05, 0) is 89.9 Å². The Kier molecular flexibility index (Phi) is 61.2. The molecular formula is C70H122O6. The molecule has 1 unspecified atom stereocenters. The van der Waals surface area contributed by atoms with Crippen molar-refractivity contribution in [2.75, 3.05) is 13.2 Å². The average molecular weight is 1060 g/mol. The quantitative estimate of drug-likeness (QED) is 0.0261. The first-order valence-electron chi connectivity index (χ1n) is 32.6. The number of carbonyl (C=O) groups excluding carboxylic acids is 3. The van der Waals surface area contributed by atoms with E-state index in [1.54, 1.807) is 0 Å². The van der Waals surface area contributed by atoms with Gasteiger partial charge in [-0.25, -0.2) is 0 Å². The highest BCUT2D eigenvalue weighted by atomic mass is 16.6. The van der Waals surface area contributed by atoms with E-state index in [4.69, 9.17) is 14.2 Å². The molecule has 0 saturated heterocycles. The van der Waals surface area contributed by atoms with Gasteiger partial charge in [0.25, 0.3) is 0 Å². The van der Waals surface area contributed by atoms with Gasteiger partial charge >= 0.3 is 17.9 Å². The Balaban J connectivity index is 4.40. The maximum atomic E-state index is 12.9. The number of hydrogen-bond donors (Lipinski definition) is 0. The van der Waals surface area contributed by atoms with Crippen LogP contribution in [0.5, 0.6) is 0 Å². The first kappa shape index (κ1) is 72.6. The summed E-state index contributed by atoms with van der Waals surface area (Å²) in [4.78, 5) is 38.3. The van der Waals surface area contributed by atoms with Crippen molar-refractivity contribution in [1.82, 2.24) is 0 Å². The van der Waals surface area contributed by atoms with Gasteiger partial charge in [0.05, 0.1) is 0 Å². The largest absolute Gasteiger partial charge is 0.462 e. The topological polar surface area (TPSA) is 78.9 Å². The van der Waals surface area contributed by atoms with Crippen molar-refractivity contribution in [2.24, 2.45) is 0 Å². The number of carbonyl (C=O) groups is 3. The molecule has 0 N–H and O–H groups in total. The lowest BCUT2D eigenvalue weighted by atomic mass is 10.0. The molecule has 76 heavy (non-hydrogen) atoms. The van der Waals surface area contributed by atoms with E-state index in [0.717, 1.165) is 83.5 Å². The Morgan fingerprint density at radius 1 is 0.276 bits per heavy atom. The maximum Gasteiger partial charge on any atom is 0.306 e. The number of rotatable bonds is 59. The molecule has 0 spiro atoms. The van der Waals surface area contributed by atoms with Gasteiger partial charge in [-0.1, -0.05) is 298 Å². The second-order valence-electron chi connectivity index (χ2n) is 21.6. The third-order valence-corrected chi connectivity index (χ3v) is 14.1. The molecular weight excluding hydrogens is 937 g/mol. The van der Waals surface area contributed by atoms with Gasteiger partial charge in [-0.3, -0.25) is 14.4 Å². The molecule has 1 atom stereocenters. The fourth-order valence-corrected chi connectivity index (χ4v) is 9.28. The number of esters is 3. The van der Waals surface area contributed by atoms with Gasteiger partial charge in [-0.2, -0.15) is 0 Å². The highest BCUT2D eigenvalue weighted by molar-refractivity contribution is 5.71. The summed E-state index contributed by atoms with van der Waals surface area (Å²) in [6.45, 7) is 6.51. The minimum atomic E-state index is -0.800. The second-order valence-corrected chi connectivity index (χ2v) is 21.6. The van der Waals surface area contributed by atoms with Gasteiger partial charge in [0.2, 0.25) is 0 Å². The lowest BCUT2D eigenvalue weighted by Gasteiger charge is -2.18. The molecule has 0 aliphatic heterocycles. The molecule has 0 radical (unpaired) electrons. The standard InChI is InChI=1S/C70H122O6/c1-4-7-10-13-16-19-22-25-28-31-33-34-35-36-37-40-42-45-48-51-54-57-60-63-69(72)75-66-67(65-74-68(71)62-59-56-53-50-47-44-41-38-30-27-24-21-18-15-12-9-6-3)76-70(73)64-61-58-55-52-49-46-43-39-32-29-26-23-20-17-14-11-8-5-2/h9,12,18,21-22,25,27,30-31,33,41,44,50,53,67H,4-8,10-11,13-17,19-20,23-24,26,28-29,32,34-40,42-43,45-49,51-52,54-66H2,1-3H3/b12-9-,21-18-,25-22-,30-27-,33-31-,44-41-,53-50-. The van der Waals surface area contributed by atoms with Crippen molar-refractivity contribution in [3.63, 3.8) is 0 Å². The molecule has 0 aliphatic rings. The highest BCUT2D eigenvalue weighted by Crippen LogP contribution is 2.17. The second kappa shape index (κ2) is 64.1. The van der Waals surface area contributed by atoms with Crippen molar-refractivity contribution < 1.29 is 28.6 Å². The third-order valence-electron chi connectivity index (χ3n) is 14.1. The lowest BCUT2D eigenvalue weighted by Crippen LogP contribution is -2.30. The van der Waals surface area contributed by atoms with Crippen LogP contribution in [0.15, 0.2) is 85.1 Å². The van der Waals surface area contributed by atoms with Crippen LogP contribution in [0, 0.1) is 0 Å². The van der Waals surface area contributed by atoms with Gasteiger partial charge in [0.1, 0.15) is 13.2 Å². The zero-order valence-corrected chi connectivity index (χ0v) is 50.3. The predicted octanol–water partition coefficient (Wildman–Crippen LogP) is 22.3. The number of allylic oxidation sites excluding steroid dienone is 14. The maximum absolute atomic E-state index is 12.9. The molecule has 0 aromatic rings. The number of hydrogen-bond acceptors (Lipinski definition) is 6. The van der Waals surface area contributed by atoms with E-state index in [0.29, 0.717) is 19.3 Å². The highest BCUT2D eigenvalue weighted by Gasteiger charge is 2.19. The van der Waals surface area contributed by atoms with Crippen LogP contribution in [0.25, 0.3) is 0 Å². The van der Waals surface area contributed by atoms with E-state index in [1.165, 1.54) is 193 Å². The number of unbranched alkanes of at least 4 members (excludes halogenated alkanes) is 34. The van der Waals surface area contributed by atoms with Gasteiger partial charge in [0.15, 0.2) is 6.10 Å². The minimum absolute atomic E-state index is 0.0926. The molecule has 0 amide bonds. The van der Waals surface area contributed by atoms with Crippen LogP contribution in [0.2, 0.25) is 0 Å². The summed E-state index contributed by atoms with van der Waals surface area (Å²) in [5.74, 6) is -0.940. The van der Waals surface area contributed by atoms with Crippen molar-refractivity contribution >= 4 is 17.9 Å².